The van der Waals surface area contributed by atoms with E-state index in [-0.39, 0.29) is 0 Å². The van der Waals surface area contributed by atoms with Crippen LogP contribution in [0.1, 0.15) is 50.8 Å². The number of hydrogen-bond donors (Lipinski definition) is 0. The van der Waals surface area contributed by atoms with Crippen LogP contribution >= 0.6 is 0 Å². The van der Waals surface area contributed by atoms with Gasteiger partial charge in [-0.05, 0) is 108 Å². The van der Waals surface area contributed by atoms with Crippen molar-refractivity contribution < 1.29 is 17.7 Å². The second kappa shape index (κ2) is 21.6. The number of rotatable bonds is 23. The predicted molar refractivity (Wildman–Crippen MR) is 187 cm³/mol. The first-order valence-corrected chi connectivity index (χ1v) is 25.1. The molecular formula is C30H60N2O4Si5. The highest BCUT2D eigenvalue weighted by molar-refractivity contribution is 6.75. The minimum atomic E-state index is -1.22. The normalized spacial score (nSPS) is 12.2. The Labute approximate surface area is 263 Å². The quantitative estimate of drug-likeness (QED) is 0.127. The Hall–Kier alpha value is -0.0956. The lowest BCUT2D eigenvalue weighted by Crippen LogP contribution is -2.44. The molecular weight excluding hydrogens is 593 g/mol. The van der Waals surface area contributed by atoms with E-state index in [4.69, 9.17) is 17.7 Å². The number of benzene rings is 1. The Morgan fingerprint density at radius 2 is 1.34 bits per heavy atom. The molecule has 0 aromatic heterocycles. The van der Waals surface area contributed by atoms with Crippen LogP contribution in [0.2, 0.25) is 44.3 Å². The summed E-state index contributed by atoms with van der Waals surface area (Å²) in [6, 6.07) is 3.33. The zero-order chi connectivity index (χ0) is 30.9. The molecule has 1 aromatic carbocycles. The highest BCUT2D eigenvalue weighted by atomic mass is 28.3. The van der Waals surface area contributed by atoms with E-state index in [1.165, 1.54) is 18.6 Å². The Kier molecular flexibility index (Phi) is 20.5. The van der Waals surface area contributed by atoms with Crippen molar-refractivity contribution in [3.8, 4) is 0 Å². The molecule has 1 rings (SSSR count). The molecule has 11 heteroatoms. The molecule has 0 spiro atoms. The van der Waals surface area contributed by atoms with Crippen LogP contribution in [-0.4, -0.2) is 111 Å². The Bertz CT molecular complexity index is 849. The summed E-state index contributed by atoms with van der Waals surface area (Å²) in [6.45, 7) is 25.9. The van der Waals surface area contributed by atoms with Crippen molar-refractivity contribution in [1.82, 2.24) is 4.90 Å². The van der Waals surface area contributed by atoms with Crippen LogP contribution in [0.25, 0.3) is 0 Å². The van der Waals surface area contributed by atoms with Gasteiger partial charge in [0, 0.05) is 46.2 Å². The monoisotopic (exact) mass is 652 g/mol. The number of nitrogens with zero attached hydrogens (tertiary/aromatic N) is 2. The molecule has 234 valence electrons. The van der Waals surface area contributed by atoms with Crippen LogP contribution in [0, 0.1) is 6.92 Å². The maximum atomic E-state index is 5.83. The average Bonchev–Trinajstić information content (AvgIpc) is 2.93. The lowest BCUT2D eigenvalue weighted by Gasteiger charge is -2.34. The fraction of sp³-hybridized carbons (Fsp3) is 0.800. The summed E-state index contributed by atoms with van der Waals surface area (Å²) in [5.41, 5.74) is 6.45. The second-order valence-electron chi connectivity index (χ2n) is 11.0. The Morgan fingerprint density at radius 1 is 0.756 bits per heavy atom. The molecule has 6 nitrogen and oxygen atoms in total. The number of hydrogen-bond acceptors (Lipinski definition) is 6. The Morgan fingerprint density at radius 3 is 1.83 bits per heavy atom. The molecule has 0 fully saturated rings. The third-order valence-electron chi connectivity index (χ3n) is 7.53. The maximum Gasteiger partial charge on any atom is 0.384 e. The SMILES string of the molecule is CCO[Si](CCCN(C)C[Si]CCc1c(N(CC)CC)c([Si](C)C)c(CC[Si](OC)OC)c(C)c1[Si](C)C)OCC. The van der Waals surface area contributed by atoms with E-state index in [0.29, 0.717) is 0 Å². The van der Waals surface area contributed by atoms with Crippen molar-refractivity contribution in [3.05, 3.63) is 16.7 Å². The van der Waals surface area contributed by atoms with Gasteiger partial charge in [0.2, 0.25) is 0 Å². The number of anilines is 1. The first kappa shape index (κ1) is 38.9. The van der Waals surface area contributed by atoms with Crippen LogP contribution in [0.5, 0.6) is 0 Å². The van der Waals surface area contributed by atoms with Gasteiger partial charge < -0.3 is 27.5 Å². The highest BCUT2D eigenvalue weighted by Crippen LogP contribution is 2.26. The van der Waals surface area contributed by atoms with Crippen LogP contribution < -0.4 is 15.3 Å². The zero-order valence-corrected chi connectivity index (χ0v) is 33.5. The van der Waals surface area contributed by atoms with E-state index < -0.39 is 36.2 Å². The van der Waals surface area contributed by atoms with E-state index >= 15 is 0 Å². The van der Waals surface area contributed by atoms with Gasteiger partial charge in [0.05, 0.1) is 27.1 Å². The summed E-state index contributed by atoms with van der Waals surface area (Å²) >= 11 is 0. The van der Waals surface area contributed by atoms with Crippen molar-refractivity contribution in [2.75, 3.05) is 65.2 Å². The summed E-state index contributed by atoms with van der Waals surface area (Å²) in [5, 5.41) is 3.37. The molecule has 0 aliphatic heterocycles. The molecule has 0 atom stereocenters. The Balaban J connectivity index is 3.20. The highest BCUT2D eigenvalue weighted by Gasteiger charge is 2.28. The molecule has 41 heavy (non-hydrogen) atoms. The van der Waals surface area contributed by atoms with Crippen LogP contribution in [-0.2, 0) is 30.5 Å². The van der Waals surface area contributed by atoms with Crippen molar-refractivity contribution in [1.29, 1.82) is 0 Å². The van der Waals surface area contributed by atoms with E-state index in [1.807, 2.05) is 0 Å². The molecule has 1 aromatic rings. The molecule has 0 saturated heterocycles. The van der Waals surface area contributed by atoms with E-state index in [1.54, 1.807) is 47.0 Å². The third kappa shape index (κ3) is 12.4. The van der Waals surface area contributed by atoms with Gasteiger partial charge in [-0.1, -0.05) is 37.4 Å². The van der Waals surface area contributed by atoms with Gasteiger partial charge in [0.25, 0.3) is 0 Å². The standard InChI is InChI=1S/C30H60N2O4Si5/c1-13-32(14-2)28-27(18-21-37-24-31(6)20-17-22-41(35-15-3)36-16-4)29(38(9)10)25(5)26(30(28)39(11)12)19-23-40(33-7)34-8/h13-24H2,1-12H3. The van der Waals surface area contributed by atoms with E-state index in [9.17, 15) is 0 Å². The lowest BCUT2D eigenvalue weighted by molar-refractivity contribution is 0.211. The molecule has 0 saturated carbocycles. The summed E-state index contributed by atoms with van der Waals surface area (Å²) < 4.78 is 23.0. The van der Waals surface area contributed by atoms with Gasteiger partial charge in [0.15, 0.2) is 0 Å². The first-order chi connectivity index (χ1) is 19.6. The van der Waals surface area contributed by atoms with Crippen molar-refractivity contribution in [2.24, 2.45) is 0 Å². The van der Waals surface area contributed by atoms with Crippen molar-refractivity contribution in [2.45, 2.75) is 98.2 Å². The molecule has 0 amide bonds. The zero-order valence-electron chi connectivity index (χ0n) is 28.5. The largest absolute Gasteiger partial charge is 0.397 e. The summed E-state index contributed by atoms with van der Waals surface area (Å²) in [4.78, 5) is 5.18. The maximum absolute atomic E-state index is 5.83. The van der Waals surface area contributed by atoms with Gasteiger partial charge >= 0.3 is 18.6 Å². The van der Waals surface area contributed by atoms with Gasteiger partial charge in [-0.25, -0.2) is 0 Å². The third-order valence-corrected chi connectivity index (χ3v) is 15.7. The van der Waals surface area contributed by atoms with Crippen LogP contribution in [0.15, 0.2) is 0 Å². The smallest absolute Gasteiger partial charge is 0.384 e. The molecule has 0 bridgehead atoms. The van der Waals surface area contributed by atoms with Crippen molar-refractivity contribution in [3.63, 3.8) is 0 Å². The molecule has 6 radical (unpaired) electrons. The van der Waals surface area contributed by atoms with Gasteiger partial charge in [-0.3, -0.25) is 0 Å². The minimum absolute atomic E-state index is 0.636. The van der Waals surface area contributed by atoms with Crippen LogP contribution in [0.4, 0.5) is 5.69 Å². The van der Waals surface area contributed by atoms with Gasteiger partial charge in [0.1, 0.15) is 0 Å². The lowest BCUT2D eigenvalue weighted by atomic mass is 9.97. The fourth-order valence-electron chi connectivity index (χ4n) is 5.72. The topological polar surface area (TPSA) is 43.4 Å². The van der Waals surface area contributed by atoms with Crippen molar-refractivity contribution >= 4 is 61.7 Å². The predicted octanol–water partition coefficient (Wildman–Crippen LogP) is 4.59. The molecule has 0 N–H and O–H groups in total. The molecule has 0 aliphatic carbocycles. The van der Waals surface area contributed by atoms with E-state index in [2.05, 4.69) is 77.7 Å². The first-order valence-electron chi connectivity index (χ1n) is 15.6. The van der Waals surface area contributed by atoms with Gasteiger partial charge in [-0.2, -0.15) is 0 Å². The molecule has 0 unspecified atom stereocenters. The van der Waals surface area contributed by atoms with Gasteiger partial charge in [-0.15, -0.1) is 0 Å². The fourth-order valence-corrected chi connectivity index (χ4v) is 12.8. The summed E-state index contributed by atoms with van der Waals surface area (Å²) in [7, 11) is 3.20. The van der Waals surface area contributed by atoms with E-state index in [0.717, 1.165) is 67.3 Å². The second-order valence-corrected chi connectivity index (χ2v) is 21.2. The average molecular weight is 653 g/mol. The molecule has 0 heterocycles. The minimum Gasteiger partial charge on any atom is -0.397 e. The van der Waals surface area contributed by atoms with Crippen LogP contribution in [0.3, 0.4) is 0 Å². The summed E-state index contributed by atoms with van der Waals surface area (Å²) in [6.07, 6.45) is 4.59. The summed E-state index contributed by atoms with van der Waals surface area (Å²) in [5.74, 6) is 0. The molecule has 0 aliphatic rings.